The van der Waals surface area contributed by atoms with Crippen molar-refractivity contribution in [1.82, 2.24) is 10.2 Å². The van der Waals surface area contributed by atoms with Gasteiger partial charge in [0.25, 0.3) is 0 Å². The first-order chi connectivity index (χ1) is 7.92. The average molecular weight is 242 g/mol. The first-order valence-electron chi connectivity index (χ1n) is 6.88. The Morgan fingerprint density at radius 1 is 1.25 bits per heavy atom. The maximum atomic E-state index is 3.68. The van der Waals surface area contributed by atoms with Crippen molar-refractivity contribution < 1.29 is 0 Å². The van der Waals surface area contributed by atoms with Crippen molar-refractivity contribution >= 4 is 11.8 Å². The van der Waals surface area contributed by atoms with Crippen molar-refractivity contribution in [1.29, 1.82) is 0 Å². The minimum absolute atomic E-state index is 0.808. The molecule has 0 radical (unpaired) electrons. The van der Waals surface area contributed by atoms with Gasteiger partial charge in [-0.3, -0.25) is 4.90 Å². The molecule has 0 saturated carbocycles. The molecular weight excluding hydrogens is 216 g/mol. The summed E-state index contributed by atoms with van der Waals surface area (Å²) in [5.74, 6) is 1.33. The zero-order chi connectivity index (χ0) is 11.2. The predicted molar refractivity (Wildman–Crippen MR) is 73.2 cm³/mol. The van der Waals surface area contributed by atoms with Crippen LogP contribution in [0.3, 0.4) is 0 Å². The SMILES string of the molecule is CSCCCCN1CCCC1C1CCCN1. The molecular formula is C13H26N2S. The van der Waals surface area contributed by atoms with E-state index < -0.39 is 0 Å². The number of hydrogen-bond donors (Lipinski definition) is 1. The normalized spacial score (nSPS) is 31.3. The minimum atomic E-state index is 0.808. The van der Waals surface area contributed by atoms with E-state index >= 15 is 0 Å². The van der Waals surface area contributed by atoms with Gasteiger partial charge in [-0.15, -0.1) is 0 Å². The second kappa shape index (κ2) is 6.87. The molecule has 0 aromatic heterocycles. The summed E-state index contributed by atoms with van der Waals surface area (Å²) in [7, 11) is 0. The van der Waals surface area contributed by atoms with E-state index in [9.17, 15) is 0 Å². The molecule has 2 heterocycles. The summed E-state index contributed by atoms with van der Waals surface area (Å²) in [5.41, 5.74) is 0. The van der Waals surface area contributed by atoms with Crippen LogP contribution in [0.2, 0.25) is 0 Å². The first-order valence-corrected chi connectivity index (χ1v) is 8.27. The van der Waals surface area contributed by atoms with Gasteiger partial charge in [-0.1, -0.05) is 0 Å². The fourth-order valence-electron chi connectivity index (χ4n) is 3.19. The molecule has 2 atom stereocenters. The van der Waals surface area contributed by atoms with Gasteiger partial charge in [-0.05, 0) is 70.2 Å². The first kappa shape index (κ1) is 12.7. The Morgan fingerprint density at radius 3 is 2.94 bits per heavy atom. The largest absolute Gasteiger partial charge is 0.312 e. The standard InChI is InChI=1S/C13H26N2S/c1-16-11-3-2-9-15-10-5-7-13(15)12-6-4-8-14-12/h12-14H,2-11H2,1H3. The number of thioether (sulfide) groups is 1. The Kier molecular flexibility index (Phi) is 5.46. The molecule has 2 fully saturated rings. The molecule has 0 aromatic carbocycles. The van der Waals surface area contributed by atoms with Crippen LogP contribution < -0.4 is 5.32 Å². The lowest BCUT2D eigenvalue weighted by molar-refractivity contribution is 0.212. The van der Waals surface area contributed by atoms with Crippen LogP contribution in [-0.2, 0) is 0 Å². The third-order valence-corrected chi connectivity index (χ3v) is 4.72. The number of hydrogen-bond acceptors (Lipinski definition) is 3. The van der Waals surface area contributed by atoms with Gasteiger partial charge < -0.3 is 5.32 Å². The highest BCUT2D eigenvalue weighted by molar-refractivity contribution is 7.98. The van der Waals surface area contributed by atoms with Gasteiger partial charge in [0.2, 0.25) is 0 Å². The molecule has 2 nitrogen and oxygen atoms in total. The highest BCUT2D eigenvalue weighted by Crippen LogP contribution is 2.25. The van der Waals surface area contributed by atoms with Crippen LogP contribution in [-0.4, -0.2) is 48.6 Å². The molecule has 0 amide bonds. The summed E-state index contributed by atoms with van der Waals surface area (Å²) in [6, 6.07) is 1.67. The maximum Gasteiger partial charge on any atom is 0.0249 e. The van der Waals surface area contributed by atoms with Crippen LogP contribution in [0.25, 0.3) is 0 Å². The lowest BCUT2D eigenvalue weighted by Crippen LogP contribution is -2.44. The molecule has 2 rings (SSSR count). The number of likely N-dealkylation sites (tertiary alicyclic amines) is 1. The van der Waals surface area contributed by atoms with E-state index in [4.69, 9.17) is 0 Å². The summed E-state index contributed by atoms with van der Waals surface area (Å²) < 4.78 is 0. The summed E-state index contributed by atoms with van der Waals surface area (Å²) >= 11 is 1.98. The van der Waals surface area contributed by atoms with Gasteiger partial charge in [0.1, 0.15) is 0 Å². The monoisotopic (exact) mass is 242 g/mol. The molecule has 2 aliphatic heterocycles. The summed E-state index contributed by atoms with van der Waals surface area (Å²) in [6.07, 6.45) is 10.6. The molecule has 2 saturated heterocycles. The van der Waals surface area contributed by atoms with Crippen LogP contribution in [0.1, 0.15) is 38.5 Å². The van der Waals surface area contributed by atoms with Crippen LogP contribution >= 0.6 is 11.8 Å². The van der Waals surface area contributed by atoms with Crippen molar-refractivity contribution in [2.75, 3.05) is 31.6 Å². The second-order valence-corrected chi connectivity index (χ2v) is 6.13. The lowest BCUT2D eigenvalue weighted by atomic mass is 10.0. The van der Waals surface area contributed by atoms with E-state index in [2.05, 4.69) is 16.5 Å². The molecule has 2 aliphatic rings. The predicted octanol–water partition coefficient (Wildman–Crippen LogP) is 2.35. The topological polar surface area (TPSA) is 15.3 Å². The molecule has 0 spiro atoms. The summed E-state index contributed by atoms with van der Waals surface area (Å²) in [6.45, 7) is 3.94. The zero-order valence-corrected chi connectivity index (χ0v) is 11.4. The maximum absolute atomic E-state index is 3.68. The van der Waals surface area contributed by atoms with Crippen LogP contribution in [0.4, 0.5) is 0 Å². The lowest BCUT2D eigenvalue weighted by Gasteiger charge is -2.29. The third-order valence-electron chi connectivity index (χ3n) is 4.02. The molecule has 0 aliphatic carbocycles. The van der Waals surface area contributed by atoms with Gasteiger partial charge >= 0.3 is 0 Å². The number of unbranched alkanes of at least 4 members (excludes halogenated alkanes) is 1. The van der Waals surface area contributed by atoms with Crippen molar-refractivity contribution in [3.8, 4) is 0 Å². The number of nitrogens with one attached hydrogen (secondary N) is 1. The van der Waals surface area contributed by atoms with Crippen molar-refractivity contribution in [2.24, 2.45) is 0 Å². The van der Waals surface area contributed by atoms with E-state index in [-0.39, 0.29) is 0 Å². The number of nitrogens with zero attached hydrogens (tertiary/aromatic N) is 1. The quantitative estimate of drug-likeness (QED) is 0.720. The molecule has 0 bridgehead atoms. The average Bonchev–Trinajstić information content (AvgIpc) is 2.94. The Balaban J connectivity index is 1.70. The summed E-state index contributed by atoms with van der Waals surface area (Å²) in [5, 5.41) is 3.68. The van der Waals surface area contributed by atoms with E-state index in [1.54, 1.807) is 0 Å². The van der Waals surface area contributed by atoms with Gasteiger partial charge in [-0.2, -0.15) is 11.8 Å². The van der Waals surface area contributed by atoms with Gasteiger partial charge in [-0.25, -0.2) is 0 Å². The molecule has 1 N–H and O–H groups in total. The highest BCUT2D eigenvalue weighted by Gasteiger charge is 2.32. The van der Waals surface area contributed by atoms with E-state index in [0.29, 0.717) is 0 Å². The Morgan fingerprint density at radius 2 is 2.19 bits per heavy atom. The smallest absolute Gasteiger partial charge is 0.0249 e. The fourth-order valence-corrected chi connectivity index (χ4v) is 3.68. The van der Waals surface area contributed by atoms with Crippen LogP contribution in [0.15, 0.2) is 0 Å². The van der Waals surface area contributed by atoms with Crippen molar-refractivity contribution in [2.45, 2.75) is 50.6 Å². The van der Waals surface area contributed by atoms with Gasteiger partial charge in [0.05, 0.1) is 0 Å². The fraction of sp³-hybridized carbons (Fsp3) is 1.00. The van der Waals surface area contributed by atoms with E-state index in [1.165, 1.54) is 63.9 Å². The molecule has 0 aromatic rings. The Hall–Kier alpha value is 0.270. The Labute approximate surface area is 105 Å². The number of rotatable bonds is 6. The molecule has 94 valence electrons. The van der Waals surface area contributed by atoms with Crippen molar-refractivity contribution in [3.63, 3.8) is 0 Å². The van der Waals surface area contributed by atoms with E-state index in [1.807, 2.05) is 11.8 Å². The van der Waals surface area contributed by atoms with Crippen LogP contribution in [0, 0.1) is 0 Å². The second-order valence-electron chi connectivity index (χ2n) is 5.15. The molecule has 2 unspecified atom stereocenters. The van der Waals surface area contributed by atoms with Gasteiger partial charge in [0.15, 0.2) is 0 Å². The van der Waals surface area contributed by atoms with E-state index in [0.717, 1.165) is 12.1 Å². The molecule has 3 heteroatoms. The van der Waals surface area contributed by atoms with Crippen molar-refractivity contribution in [3.05, 3.63) is 0 Å². The summed E-state index contributed by atoms with van der Waals surface area (Å²) in [4.78, 5) is 2.75. The highest BCUT2D eigenvalue weighted by atomic mass is 32.2. The molecule has 16 heavy (non-hydrogen) atoms. The zero-order valence-electron chi connectivity index (χ0n) is 10.6. The minimum Gasteiger partial charge on any atom is -0.312 e. The van der Waals surface area contributed by atoms with Crippen LogP contribution in [0.5, 0.6) is 0 Å². The third kappa shape index (κ3) is 3.38. The Bertz CT molecular complexity index is 192. The van der Waals surface area contributed by atoms with Gasteiger partial charge in [0, 0.05) is 12.1 Å².